The van der Waals surface area contributed by atoms with Gasteiger partial charge in [-0.1, -0.05) is 25.1 Å². The Balaban J connectivity index is 2.71. The molecule has 19 heavy (non-hydrogen) atoms. The lowest BCUT2D eigenvalue weighted by molar-refractivity contribution is -0.117. The number of hydrogen-bond donors (Lipinski definition) is 1. The molecule has 1 N–H and O–H groups in total. The van der Waals surface area contributed by atoms with Crippen molar-refractivity contribution in [3.63, 3.8) is 0 Å². The standard InChI is InChI=1S/C15H22ClNO2/c1-5-12-8-6-7-11(4)14(12)17-15(18)13(16)9-19-10(2)3/h6-8,10,13H,5,9H2,1-4H3,(H,17,18). The molecule has 3 nitrogen and oxygen atoms in total. The molecule has 0 aliphatic heterocycles. The van der Waals surface area contributed by atoms with Crippen LogP contribution in [0.3, 0.4) is 0 Å². The van der Waals surface area contributed by atoms with Crippen molar-refractivity contribution in [1.29, 1.82) is 0 Å². The summed E-state index contributed by atoms with van der Waals surface area (Å²) in [5.41, 5.74) is 3.02. The molecule has 0 aliphatic rings. The maximum Gasteiger partial charge on any atom is 0.244 e. The van der Waals surface area contributed by atoms with Crippen LogP contribution in [0.1, 0.15) is 31.9 Å². The summed E-state index contributed by atoms with van der Waals surface area (Å²) in [4.78, 5) is 12.0. The first-order valence-electron chi connectivity index (χ1n) is 6.60. The Morgan fingerprint density at radius 2 is 2.11 bits per heavy atom. The van der Waals surface area contributed by atoms with E-state index in [1.165, 1.54) is 0 Å². The van der Waals surface area contributed by atoms with Crippen LogP contribution in [0.15, 0.2) is 18.2 Å². The van der Waals surface area contributed by atoms with Crippen LogP contribution in [-0.4, -0.2) is 24.0 Å². The highest BCUT2D eigenvalue weighted by molar-refractivity contribution is 6.32. The molecule has 0 bridgehead atoms. The van der Waals surface area contributed by atoms with E-state index in [9.17, 15) is 4.79 Å². The maximum atomic E-state index is 12.0. The molecule has 1 atom stereocenters. The summed E-state index contributed by atoms with van der Waals surface area (Å²) in [7, 11) is 0. The average Bonchev–Trinajstić information content (AvgIpc) is 2.37. The third kappa shape index (κ3) is 4.84. The smallest absolute Gasteiger partial charge is 0.244 e. The molecule has 4 heteroatoms. The number of para-hydroxylation sites is 1. The first kappa shape index (κ1) is 16.0. The minimum absolute atomic E-state index is 0.0683. The number of nitrogens with one attached hydrogen (secondary N) is 1. The molecule has 1 unspecified atom stereocenters. The van der Waals surface area contributed by atoms with Crippen molar-refractivity contribution in [2.24, 2.45) is 0 Å². The molecule has 1 aromatic rings. The summed E-state index contributed by atoms with van der Waals surface area (Å²) in [6, 6.07) is 5.98. The van der Waals surface area contributed by atoms with E-state index in [4.69, 9.17) is 16.3 Å². The van der Waals surface area contributed by atoms with Gasteiger partial charge in [0.25, 0.3) is 0 Å². The third-order valence-electron chi connectivity index (χ3n) is 2.85. The van der Waals surface area contributed by atoms with Crippen LogP contribution >= 0.6 is 11.6 Å². The number of amides is 1. The van der Waals surface area contributed by atoms with Gasteiger partial charge in [-0.2, -0.15) is 0 Å². The summed E-state index contributed by atoms with van der Waals surface area (Å²) in [6.45, 7) is 8.08. The molecule has 0 heterocycles. The molecular formula is C15H22ClNO2. The van der Waals surface area contributed by atoms with E-state index >= 15 is 0 Å². The van der Waals surface area contributed by atoms with Crippen LogP contribution in [0.2, 0.25) is 0 Å². The average molecular weight is 284 g/mol. The van der Waals surface area contributed by atoms with Crippen LogP contribution in [0.5, 0.6) is 0 Å². The number of ether oxygens (including phenoxy) is 1. The normalized spacial score (nSPS) is 12.5. The Hall–Kier alpha value is -1.06. The number of halogens is 1. The second-order valence-electron chi connectivity index (χ2n) is 4.80. The summed E-state index contributed by atoms with van der Waals surface area (Å²) >= 11 is 6.04. The number of benzene rings is 1. The summed E-state index contributed by atoms with van der Waals surface area (Å²) < 4.78 is 5.36. The summed E-state index contributed by atoms with van der Waals surface area (Å²) in [6.07, 6.45) is 0.936. The van der Waals surface area contributed by atoms with Crippen molar-refractivity contribution in [2.75, 3.05) is 11.9 Å². The first-order chi connectivity index (χ1) is 8.95. The van der Waals surface area contributed by atoms with Gasteiger partial charge in [-0.15, -0.1) is 11.6 Å². The highest BCUT2D eigenvalue weighted by Crippen LogP contribution is 2.21. The van der Waals surface area contributed by atoms with Gasteiger partial charge < -0.3 is 10.1 Å². The van der Waals surface area contributed by atoms with Crippen LogP contribution < -0.4 is 5.32 Å². The number of aryl methyl sites for hydroxylation is 2. The molecule has 1 aromatic carbocycles. The SMILES string of the molecule is CCc1cccc(C)c1NC(=O)C(Cl)COC(C)C. The van der Waals surface area contributed by atoms with Gasteiger partial charge in [-0.25, -0.2) is 0 Å². The number of anilines is 1. The van der Waals surface area contributed by atoms with Crippen molar-refractivity contribution in [2.45, 2.75) is 45.6 Å². The number of alkyl halides is 1. The Bertz CT molecular complexity index is 432. The van der Waals surface area contributed by atoms with Gasteiger partial charge in [0.15, 0.2) is 0 Å². The molecule has 0 radical (unpaired) electrons. The lowest BCUT2D eigenvalue weighted by atomic mass is 10.1. The van der Waals surface area contributed by atoms with Crippen molar-refractivity contribution in [3.05, 3.63) is 29.3 Å². The second-order valence-corrected chi connectivity index (χ2v) is 5.33. The van der Waals surface area contributed by atoms with Crippen LogP contribution in [0.4, 0.5) is 5.69 Å². The zero-order valence-corrected chi connectivity index (χ0v) is 12.8. The summed E-state index contributed by atoms with van der Waals surface area (Å²) in [5.74, 6) is -0.216. The van der Waals surface area contributed by atoms with Crippen LogP contribution in [0.25, 0.3) is 0 Å². The number of carbonyl (C=O) groups excluding carboxylic acids is 1. The quantitative estimate of drug-likeness (QED) is 0.811. The van der Waals surface area contributed by atoms with E-state index in [2.05, 4.69) is 12.2 Å². The van der Waals surface area contributed by atoms with Gasteiger partial charge in [0.05, 0.1) is 12.7 Å². The number of carbonyl (C=O) groups is 1. The minimum atomic E-state index is -0.674. The molecule has 106 valence electrons. The fourth-order valence-corrected chi connectivity index (χ4v) is 1.88. The monoisotopic (exact) mass is 283 g/mol. The highest BCUT2D eigenvalue weighted by Gasteiger charge is 2.18. The molecule has 0 fully saturated rings. The number of rotatable bonds is 6. The molecule has 0 saturated heterocycles. The maximum absolute atomic E-state index is 12.0. The molecular weight excluding hydrogens is 262 g/mol. The van der Waals surface area contributed by atoms with E-state index in [1.807, 2.05) is 39.0 Å². The Kier molecular flexibility index (Phi) is 6.32. The van der Waals surface area contributed by atoms with Gasteiger partial charge >= 0.3 is 0 Å². The molecule has 0 aromatic heterocycles. The van der Waals surface area contributed by atoms with Gasteiger partial charge in [0.1, 0.15) is 5.38 Å². The Morgan fingerprint density at radius 1 is 1.42 bits per heavy atom. The molecule has 0 spiro atoms. The van der Waals surface area contributed by atoms with Gasteiger partial charge in [-0.3, -0.25) is 4.79 Å². The fraction of sp³-hybridized carbons (Fsp3) is 0.533. The Labute approximate surface area is 120 Å². The summed E-state index contributed by atoms with van der Waals surface area (Å²) in [5, 5.41) is 2.23. The van der Waals surface area contributed by atoms with Crippen molar-refractivity contribution < 1.29 is 9.53 Å². The third-order valence-corrected chi connectivity index (χ3v) is 3.17. The molecule has 0 aliphatic carbocycles. The van der Waals surface area contributed by atoms with Gasteiger partial charge in [0, 0.05) is 5.69 Å². The highest BCUT2D eigenvalue weighted by atomic mass is 35.5. The van der Waals surface area contributed by atoms with Gasteiger partial charge in [-0.05, 0) is 38.3 Å². The zero-order chi connectivity index (χ0) is 14.4. The van der Waals surface area contributed by atoms with Crippen molar-refractivity contribution in [3.8, 4) is 0 Å². The Morgan fingerprint density at radius 3 is 2.68 bits per heavy atom. The molecule has 0 saturated carbocycles. The lowest BCUT2D eigenvalue weighted by Crippen LogP contribution is -2.29. The predicted octanol–water partition coefficient (Wildman–Crippen LogP) is 3.53. The zero-order valence-electron chi connectivity index (χ0n) is 12.0. The largest absolute Gasteiger partial charge is 0.377 e. The van der Waals surface area contributed by atoms with E-state index in [-0.39, 0.29) is 18.6 Å². The van der Waals surface area contributed by atoms with E-state index in [0.717, 1.165) is 23.2 Å². The van der Waals surface area contributed by atoms with Crippen LogP contribution in [-0.2, 0) is 16.0 Å². The lowest BCUT2D eigenvalue weighted by Gasteiger charge is -2.16. The van der Waals surface area contributed by atoms with Crippen LogP contribution in [0, 0.1) is 6.92 Å². The molecule has 1 rings (SSSR count). The van der Waals surface area contributed by atoms with Crippen molar-refractivity contribution in [1.82, 2.24) is 0 Å². The number of hydrogen-bond acceptors (Lipinski definition) is 2. The van der Waals surface area contributed by atoms with E-state index < -0.39 is 5.38 Å². The van der Waals surface area contributed by atoms with Crippen molar-refractivity contribution >= 4 is 23.2 Å². The van der Waals surface area contributed by atoms with E-state index in [1.54, 1.807) is 0 Å². The minimum Gasteiger partial charge on any atom is -0.377 e. The second kappa shape index (κ2) is 7.51. The molecule has 1 amide bonds. The van der Waals surface area contributed by atoms with Gasteiger partial charge in [0.2, 0.25) is 5.91 Å². The topological polar surface area (TPSA) is 38.3 Å². The van der Waals surface area contributed by atoms with E-state index in [0.29, 0.717) is 0 Å². The fourth-order valence-electron chi connectivity index (χ4n) is 1.76. The predicted molar refractivity (Wildman–Crippen MR) is 79.9 cm³/mol. The first-order valence-corrected chi connectivity index (χ1v) is 7.04.